The Bertz CT molecular complexity index is 548. The number of nitrogens with zero attached hydrogens (tertiary/aromatic N) is 2. The zero-order valence-corrected chi connectivity index (χ0v) is 11.9. The van der Waals surface area contributed by atoms with Gasteiger partial charge in [-0.2, -0.15) is 0 Å². The fourth-order valence-corrected chi connectivity index (χ4v) is 2.43. The fourth-order valence-electron chi connectivity index (χ4n) is 2.43. The van der Waals surface area contributed by atoms with Crippen molar-refractivity contribution in [2.45, 2.75) is 19.8 Å². The van der Waals surface area contributed by atoms with Crippen LogP contribution in [0.2, 0.25) is 0 Å². The van der Waals surface area contributed by atoms with Gasteiger partial charge in [-0.1, -0.05) is 6.92 Å². The van der Waals surface area contributed by atoms with Gasteiger partial charge in [0.15, 0.2) is 0 Å². The van der Waals surface area contributed by atoms with Gasteiger partial charge in [0.05, 0.1) is 5.56 Å². The number of hydrogen-bond donors (Lipinski definition) is 0. The monoisotopic (exact) mass is 296 g/mol. The van der Waals surface area contributed by atoms with E-state index >= 15 is 0 Å². The summed E-state index contributed by atoms with van der Waals surface area (Å²) < 4.78 is 26.8. The largest absolute Gasteiger partial charge is 0.341 e. The molecule has 0 aliphatic carbocycles. The lowest BCUT2D eigenvalue weighted by molar-refractivity contribution is -0.130. The minimum absolute atomic E-state index is 0.0428. The second-order valence-electron chi connectivity index (χ2n) is 5.00. The number of rotatable bonds is 2. The highest BCUT2D eigenvalue weighted by molar-refractivity contribution is 5.94. The normalized spacial score (nSPS) is 15.8. The van der Waals surface area contributed by atoms with E-state index in [0.29, 0.717) is 39.0 Å². The molecule has 0 spiro atoms. The number of carbonyl (C=O) groups is 2. The van der Waals surface area contributed by atoms with Crippen LogP contribution < -0.4 is 0 Å². The minimum atomic E-state index is -0.730. The van der Waals surface area contributed by atoms with Crippen molar-refractivity contribution in [1.29, 1.82) is 0 Å². The molecule has 1 saturated heterocycles. The lowest BCUT2D eigenvalue weighted by Crippen LogP contribution is -2.37. The molecule has 1 aliphatic rings. The first kappa shape index (κ1) is 15.4. The lowest BCUT2D eigenvalue weighted by Gasteiger charge is -2.22. The molecule has 0 aromatic heterocycles. The van der Waals surface area contributed by atoms with Crippen LogP contribution in [-0.2, 0) is 4.79 Å². The van der Waals surface area contributed by atoms with Gasteiger partial charge in [-0.3, -0.25) is 9.59 Å². The summed E-state index contributed by atoms with van der Waals surface area (Å²) in [6.45, 7) is 3.57. The molecule has 1 aromatic rings. The third-order valence-corrected chi connectivity index (χ3v) is 3.60. The van der Waals surface area contributed by atoms with E-state index in [2.05, 4.69) is 0 Å². The van der Waals surface area contributed by atoms with E-state index < -0.39 is 17.5 Å². The second kappa shape index (κ2) is 6.65. The Morgan fingerprint density at radius 2 is 1.76 bits per heavy atom. The van der Waals surface area contributed by atoms with Gasteiger partial charge in [0.1, 0.15) is 11.6 Å². The van der Waals surface area contributed by atoms with Crippen molar-refractivity contribution >= 4 is 11.8 Å². The van der Waals surface area contributed by atoms with Crippen molar-refractivity contribution in [2.24, 2.45) is 0 Å². The maximum Gasteiger partial charge on any atom is 0.256 e. The van der Waals surface area contributed by atoms with Gasteiger partial charge in [-0.05, 0) is 24.6 Å². The number of halogens is 2. The molecule has 1 heterocycles. The lowest BCUT2D eigenvalue weighted by atomic mass is 10.1. The van der Waals surface area contributed by atoms with Gasteiger partial charge in [0.2, 0.25) is 5.91 Å². The Morgan fingerprint density at radius 1 is 1.10 bits per heavy atom. The van der Waals surface area contributed by atoms with Crippen LogP contribution in [0.25, 0.3) is 0 Å². The van der Waals surface area contributed by atoms with Crippen LogP contribution >= 0.6 is 0 Å². The van der Waals surface area contributed by atoms with Crippen molar-refractivity contribution in [1.82, 2.24) is 9.80 Å². The molecule has 0 radical (unpaired) electrons. The highest BCUT2D eigenvalue weighted by atomic mass is 19.1. The van der Waals surface area contributed by atoms with Crippen LogP contribution in [0.3, 0.4) is 0 Å². The first-order chi connectivity index (χ1) is 10.0. The summed E-state index contributed by atoms with van der Waals surface area (Å²) in [6.07, 6.45) is 1.06. The van der Waals surface area contributed by atoms with Crippen molar-refractivity contribution < 1.29 is 18.4 Å². The standard InChI is InChI=1S/C15H18F2N2O2/c1-2-14(20)18-6-3-7-19(9-8-18)15(21)12-10-11(16)4-5-13(12)17/h4-5,10H,2-3,6-9H2,1H3. The number of hydrogen-bond acceptors (Lipinski definition) is 2. The van der Waals surface area contributed by atoms with E-state index in [9.17, 15) is 18.4 Å². The molecule has 2 amide bonds. The van der Waals surface area contributed by atoms with Crippen LogP contribution in [0.5, 0.6) is 0 Å². The molecule has 0 bridgehead atoms. The molecule has 1 aliphatic heterocycles. The topological polar surface area (TPSA) is 40.6 Å². The molecule has 1 aromatic carbocycles. The first-order valence-electron chi connectivity index (χ1n) is 7.05. The van der Waals surface area contributed by atoms with Crippen LogP contribution in [0, 0.1) is 11.6 Å². The third kappa shape index (κ3) is 3.56. The van der Waals surface area contributed by atoms with Crippen LogP contribution in [0.4, 0.5) is 8.78 Å². The average Bonchev–Trinajstić information content (AvgIpc) is 2.74. The zero-order valence-electron chi connectivity index (χ0n) is 11.9. The minimum Gasteiger partial charge on any atom is -0.341 e. The summed E-state index contributed by atoms with van der Waals surface area (Å²) in [5.74, 6) is -1.86. The van der Waals surface area contributed by atoms with Crippen molar-refractivity contribution in [3.8, 4) is 0 Å². The summed E-state index contributed by atoms with van der Waals surface area (Å²) in [5.41, 5.74) is -0.259. The van der Waals surface area contributed by atoms with Crippen LogP contribution in [0.15, 0.2) is 18.2 Å². The van der Waals surface area contributed by atoms with Gasteiger partial charge in [-0.15, -0.1) is 0 Å². The summed E-state index contributed by atoms with van der Waals surface area (Å²) >= 11 is 0. The SMILES string of the molecule is CCC(=O)N1CCCN(C(=O)c2cc(F)ccc2F)CC1. The first-order valence-corrected chi connectivity index (χ1v) is 7.05. The van der Waals surface area contributed by atoms with Crippen molar-refractivity contribution in [2.75, 3.05) is 26.2 Å². The molecule has 0 saturated carbocycles. The van der Waals surface area contributed by atoms with E-state index in [1.165, 1.54) is 4.90 Å². The quantitative estimate of drug-likeness (QED) is 0.838. The summed E-state index contributed by atoms with van der Waals surface area (Å²) in [6, 6.07) is 2.85. The molecule has 0 N–H and O–H groups in total. The Balaban J connectivity index is 2.10. The van der Waals surface area contributed by atoms with E-state index in [1.807, 2.05) is 0 Å². The van der Waals surface area contributed by atoms with Crippen LogP contribution in [0.1, 0.15) is 30.1 Å². The molecule has 4 nitrogen and oxygen atoms in total. The van der Waals surface area contributed by atoms with E-state index in [1.54, 1.807) is 11.8 Å². The molecule has 114 valence electrons. The summed E-state index contributed by atoms with van der Waals surface area (Å²) in [4.78, 5) is 27.1. The highest BCUT2D eigenvalue weighted by Crippen LogP contribution is 2.14. The molecule has 6 heteroatoms. The Labute approximate surface area is 122 Å². The van der Waals surface area contributed by atoms with Gasteiger partial charge >= 0.3 is 0 Å². The molecule has 0 atom stereocenters. The number of carbonyl (C=O) groups excluding carboxylic acids is 2. The second-order valence-corrected chi connectivity index (χ2v) is 5.00. The molecule has 2 rings (SSSR count). The molecular weight excluding hydrogens is 278 g/mol. The molecule has 0 unspecified atom stereocenters. The predicted octanol–water partition coefficient (Wildman–Crippen LogP) is 2.05. The molecular formula is C15H18F2N2O2. The smallest absolute Gasteiger partial charge is 0.256 e. The summed E-state index contributed by atoms with van der Waals surface area (Å²) in [7, 11) is 0. The Hall–Kier alpha value is -1.98. The number of amides is 2. The maximum absolute atomic E-state index is 13.7. The predicted molar refractivity (Wildman–Crippen MR) is 73.7 cm³/mol. The van der Waals surface area contributed by atoms with E-state index in [4.69, 9.17) is 0 Å². The van der Waals surface area contributed by atoms with Crippen molar-refractivity contribution in [3.05, 3.63) is 35.4 Å². The van der Waals surface area contributed by atoms with Crippen molar-refractivity contribution in [3.63, 3.8) is 0 Å². The maximum atomic E-state index is 13.7. The summed E-state index contributed by atoms with van der Waals surface area (Å²) in [5, 5.41) is 0. The Morgan fingerprint density at radius 3 is 2.48 bits per heavy atom. The zero-order chi connectivity index (χ0) is 15.4. The number of benzene rings is 1. The van der Waals surface area contributed by atoms with Gasteiger partial charge in [-0.25, -0.2) is 8.78 Å². The highest BCUT2D eigenvalue weighted by Gasteiger charge is 2.24. The third-order valence-electron chi connectivity index (χ3n) is 3.60. The van der Waals surface area contributed by atoms with Gasteiger partial charge in [0.25, 0.3) is 5.91 Å². The van der Waals surface area contributed by atoms with E-state index in [-0.39, 0.29) is 11.5 Å². The van der Waals surface area contributed by atoms with Crippen LogP contribution in [-0.4, -0.2) is 47.8 Å². The molecule has 1 fully saturated rings. The van der Waals surface area contributed by atoms with Gasteiger partial charge in [0, 0.05) is 32.6 Å². The fraction of sp³-hybridized carbons (Fsp3) is 0.467. The molecule has 21 heavy (non-hydrogen) atoms. The average molecular weight is 296 g/mol. The Kier molecular flexibility index (Phi) is 4.88. The van der Waals surface area contributed by atoms with Gasteiger partial charge < -0.3 is 9.80 Å². The van der Waals surface area contributed by atoms with E-state index in [0.717, 1.165) is 18.2 Å².